The van der Waals surface area contributed by atoms with Crippen LogP contribution in [-0.2, 0) is 0 Å². The third-order valence-electron chi connectivity index (χ3n) is 5.92. The molecule has 0 radical (unpaired) electrons. The minimum atomic E-state index is -0.528. The molecular weight excluding hydrogens is 468 g/mol. The number of rotatable bonds is 5. The van der Waals surface area contributed by atoms with E-state index < -0.39 is 6.04 Å². The van der Waals surface area contributed by atoms with E-state index in [4.69, 9.17) is 18.7 Å². The van der Waals surface area contributed by atoms with Gasteiger partial charge in [0, 0.05) is 11.8 Å². The number of benzene rings is 2. The molecule has 10 heteroatoms. The molecule has 0 aliphatic carbocycles. The maximum Gasteiger partial charge on any atom is 0.327 e. The molecule has 0 spiro atoms. The van der Waals surface area contributed by atoms with Gasteiger partial charge in [0.05, 0.1) is 29.3 Å². The molecule has 176 valence electrons. The van der Waals surface area contributed by atoms with Crippen molar-refractivity contribution in [2.45, 2.75) is 13.0 Å². The molecule has 35 heavy (non-hydrogen) atoms. The summed E-state index contributed by atoms with van der Waals surface area (Å²) in [7, 11) is 1.60. The van der Waals surface area contributed by atoms with Crippen LogP contribution in [0.3, 0.4) is 0 Å². The number of fused-ring (bicyclic) bond motifs is 1. The van der Waals surface area contributed by atoms with E-state index in [2.05, 4.69) is 15.5 Å². The number of nitrogens with one attached hydrogen (secondary N) is 1. The molecule has 0 fully saturated rings. The van der Waals surface area contributed by atoms with Crippen molar-refractivity contribution in [1.82, 2.24) is 15.5 Å². The Bertz CT molecular complexity index is 1450. The number of nitrogens with zero attached hydrogens (tertiary/aromatic N) is 3. The Labute approximate surface area is 204 Å². The number of hydrogen-bond acceptors (Lipinski definition) is 8. The van der Waals surface area contributed by atoms with Crippen molar-refractivity contribution in [2.24, 2.45) is 0 Å². The molecular formula is C25H20N4O5S. The molecule has 6 rings (SSSR count). The Hall–Kier alpha value is -4.31. The number of aromatic nitrogens is 2. The van der Waals surface area contributed by atoms with Gasteiger partial charge in [0.1, 0.15) is 5.75 Å². The maximum absolute atomic E-state index is 13.4. The number of hydrogen-bond donors (Lipinski definition) is 1. The molecule has 2 aromatic carbocycles. The summed E-state index contributed by atoms with van der Waals surface area (Å²) in [5, 5.41) is 9.25. The van der Waals surface area contributed by atoms with E-state index in [0.717, 1.165) is 10.4 Å². The van der Waals surface area contributed by atoms with Crippen molar-refractivity contribution >= 4 is 28.6 Å². The number of ether oxygens (including phenoxy) is 3. The first-order valence-corrected chi connectivity index (χ1v) is 11.7. The molecule has 9 nitrogen and oxygen atoms in total. The van der Waals surface area contributed by atoms with E-state index in [9.17, 15) is 4.79 Å². The van der Waals surface area contributed by atoms with Crippen molar-refractivity contribution in [2.75, 3.05) is 18.8 Å². The van der Waals surface area contributed by atoms with Gasteiger partial charge in [0.2, 0.25) is 12.6 Å². The number of carbonyl (C=O) groups is 1. The second-order valence-electron chi connectivity index (χ2n) is 7.93. The van der Waals surface area contributed by atoms with Crippen molar-refractivity contribution < 1.29 is 23.5 Å². The Kier molecular flexibility index (Phi) is 5.14. The summed E-state index contributed by atoms with van der Waals surface area (Å²) >= 11 is 1.52. The van der Waals surface area contributed by atoms with Gasteiger partial charge in [-0.15, -0.1) is 11.3 Å². The minimum Gasteiger partial charge on any atom is -0.497 e. The quantitative estimate of drug-likeness (QED) is 0.410. The van der Waals surface area contributed by atoms with Crippen molar-refractivity contribution in [3.05, 3.63) is 77.1 Å². The first-order valence-electron chi connectivity index (χ1n) is 10.9. The van der Waals surface area contributed by atoms with Gasteiger partial charge in [-0.25, -0.2) is 4.79 Å². The van der Waals surface area contributed by atoms with Crippen molar-refractivity contribution in [3.8, 4) is 28.0 Å². The van der Waals surface area contributed by atoms with Crippen LogP contribution in [0, 0.1) is 0 Å². The zero-order valence-electron chi connectivity index (χ0n) is 18.8. The Balaban J connectivity index is 1.50. The second kappa shape index (κ2) is 8.48. The van der Waals surface area contributed by atoms with E-state index in [-0.39, 0.29) is 12.8 Å². The molecule has 2 aromatic heterocycles. The highest BCUT2D eigenvalue weighted by atomic mass is 32.1. The van der Waals surface area contributed by atoms with Gasteiger partial charge >= 0.3 is 6.03 Å². The maximum atomic E-state index is 13.4. The number of allylic oxidation sites excluding steroid dienone is 1. The van der Waals surface area contributed by atoms with E-state index in [0.29, 0.717) is 45.9 Å². The van der Waals surface area contributed by atoms with E-state index in [1.54, 1.807) is 24.1 Å². The Morgan fingerprint density at radius 2 is 2.00 bits per heavy atom. The molecule has 0 saturated heterocycles. The van der Waals surface area contributed by atoms with Crippen LogP contribution in [0.4, 0.5) is 10.5 Å². The van der Waals surface area contributed by atoms with E-state index in [1.807, 2.05) is 54.8 Å². The lowest BCUT2D eigenvalue weighted by molar-refractivity contribution is 0.174. The van der Waals surface area contributed by atoms with Gasteiger partial charge in [-0.05, 0) is 48.2 Å². The Morgan fingerprint density at radius 3 is 2.83 bits per heavy atom. The molecule has 2 aliphatic heterocycles. The fourth-order valence-electron chi connectivity index (χ4n) is 4.27. The largest absolute Gasteiger partial charge is 0.497 e. The average molecular weight is 489 g/mol. The standard InChI is InChI=1S/C25H20N4O5S/c1-14-21(24-27-23(28-34-24)20-7-4-10-35-20)22(15-5-3-6-17(11-15)31-2)26-25(30)29(14)16-8-9-18-19(12-16)33-13-32-18/h3-12,22H,13H2,1-2H3,(H,26,30). The SMILES string of the molecule is COc1cccc(C2NC(=O)N(c3ccc4c(c3)OCO4)C(C)=C2c2nc(-c3cccs3)no2)c1. The highest BCUT2D eigenvalue weighted by Crippen LogP contribution is 2.42. The van der Waals surface area contributed by atoms with E-state index in [1.165, 1.54) is 11.3 Å². The summed E-state index contributed by atoms with van der Waals surface area (Å²) in [6, 6.07) is 15.9. The third-order valence-corrected chi connectivity index (χ3v) is 6.79. The fraction of sp³-hybridized carbons (Fsp3) is 0.160. The van der Waals surface area contributed by atoms with Gasteiger partial charge in [0.25, 0.3) is 5.89 Å². The van der Waals surface area contributed by atoms with Crippen LogP contribution >= 0.6 is 11.3 Å². The third kappa shape index (κ3) is 3.68. The zero-order valence-corrected chi connectivity index (χ0v) is 19.7. The van der Waals surface area contributed by atoms with Crippen LogP contribution in [0.15, 0.2) is 70.2 Å². The first kappa shape index (κ1) is 21.2. The molecule has 0 bridgehead atoms. The van der Waals surface area contributed by atoms with Crippen LogP contribution < -0.4 is 24.4 Å². The molecule has 1 atom stereocenters. The van der Waals surface area contributed by atoms with E-state index >= 15 is 0 Å². The summed E-state index contributed by atoms with van der Waals surface area (Å²) in [5.74, 6) is 2.71. The van der Waals surface area contributed by atoms with Crippen LogP contribution in [0.25, 0.3) is 16.3 Å². The number of anilines is 1. The van der Waals surface area contributed by atoms with Crippen LogP contribution in [0.2, 0.25) is 0 Å². The molecule has 1 N–H and O–H groups in total. The number of amides is 2. The lowest BCUT2D eigenvalue weighted by Gasteiger charge is -2.35. The fourth-order valence-corrected chi connectivity index (χ4v) is 4.91. The van der Waals surface area contributed by atoms with Gasteiger partial charge in [-0.3, -0.25) is 4.90 Å². The number of methoxy groups -OCH3 is 1. The summed E-state index contributed by atoms with van der Waals surface area (Å²) < 4.78 is 22.1. The molecule has 0 saturated carbocycles. The number of carbonyl (C=O) groups excluding carboxylic acids is 1. The van der Waals surface area contributed by atoms with Gasteiger partial charge in [0.15, 0.2) is 11.5 Å². The highest BCUT2D eigenvalue weighted by molar-refractivity contribution is 7.13. The number of thiophene rings is 1. The average Bonchev–Trinajstić information content (AvgIpc) is 3.65. The smallest absolute Gasteiger partial charge is 0.327 e. The van der Waals surface area contributed by atoms with Crippen molar-refractivity contribution in [1.29, 1.82) is 0 Å². The minimum absolute atomic E-state index is 0.149. The number of urea groups is 1. The lowest BCUT2D eigenvalue weighted by atomic mass is 9.94. The summed E-state index contributed by atoms with van der Waals surface area (Å²) in [5.41, 5.74) is 2.80. The highest BCUT2D eigenvalue weighted by Gasteiger charge is 2.37. The monoisotopic (exact) mass is 488 g/mol. The van der Waals surface area contributed by atoms with Crippen molar-refractivity contribution in [3.63, 3.8) is 0 Å². The lowest BCUT2D eigenvalue weighted by Crippen LogP contribution is -2.46. The predicted molar refractivity (Wildman–Crippen MR) is 130 cm³/mol. The second-order valence-corrected chi connectivity index (χ2v) is 8.88. The normalized spacial score (nSPS) is 17.0. The van der Waals surface area contributed by atoms with Crippen LogP contribution in [-0.4, -0.2) is 30.1 Å². The molecule has 4 heterocycles. The molecule has 2 aliphatic rings. The molecule has 2 amide bonds. The predicted octanol–water partition coefficient (Wildman–Crippen LogP) is 5.24. The topological polar surface area (TPSA) is 99.0 Å². The molecule has 4 aromatic rings. The molecule has 1 unspecified atom stereocenters. The van der Waals surface area contributed by atoms with Crippen LogP contribution in [0.1, 0.15) is 24.4 Å². The van der Waals surface area contributed by atoms with Gasteiger partial charge < -0.3 is 24.1 Å². The van der Waals surface area contributed by atoms with Crippen LogP contribution in [0.5, 0.6) is 17.2 Å². The van der Waals surface area contributed by atoms with Gasteiger partial charge in [-0.1, -0.05) is 23.4 Å². The van der Waals surface area contributed by atoms with Gasteiger partial charge in [-0.2, -0.15) is 4.98 Å². The summed E-state index contributed by atoms with van der Waals surface area (Å²) in [6.07, 6.45) is 0. The first-order chi connectivity index (χ1) is 17.1. The zero-order chi connectivity index (χ0) is 23.9. The summed E-state index contributed by atoms with van der Waals surface area (Å²) in [4.78, 5) is 20.6. The summed E-state index contributed by atoms with van der Waals surface area (Å²) in [6.45, 7) is 2.01. The Morgan fingerprint density at radius 1 is 1.11 bits per heavy atom.